The second kappa shape index (κ2) is 8.10. The van der Waals surface area contributed by atoms with Crippen LogP contribution >= 0.6 is 0 Å². The summed E-state index contributed by atoms with van der Waals surface area (Å²) < 4.78 is 0. The molecule has 1 unspecified atom stereocenters. The monoisotopic (exact) mass is 404 g/mol. The molecule has 0 bridgehead atoms. The molecular formula is C25H32N4O. The molecule has 1 amide bonds. The fraction of sp³-hybridized carbons (Fsp3) is 0.560. The molecule has 0 N–H and O–H groups in total. The highest BCUT2D eigenvalue weighted by Gasteiger charge is 2.36. The Bertz CT molecular complexity index is 933. The van der Waals surface area contributed by atoms with Crippen molar-refractivity contribution in [1.82, 2.24) is 14.9 Å². The lowest BCUT2D eigenvalue weighted by Crippen LogP contribution is -2.37. The van der Waals surface area contributed by atoms with Crippen molar-refractivity contribution in [3.63, 3.8) is 0 Å². The number of nitrogens with zero attached hydrogens (tertiary/aromatic N) is 4. The van der Waals surface area contributed by atoms with Gasteiger partial charge in [-0.1, -0.05) is 42.7 Å². The van der Waals surface area contributed by atoms with Gasteiger partial charge in [-0.3, -0.25) is 14.6 Å². The van der Waals surface area contributed by atoms with Crippen molar-refractivity contribution >= 4 is 11.7 Å². The molecule has 3 aliphatic rings. The van der Waals surface area contributed by atoms with Gasteiger partial charge in [0.2, 0.25) is 5.91 Å². The third-order valence-electron chi connectivity index (χ3n) is 7.20. The highest BCUT2D eigenvalue weighted by molar-refractivity contribution is 5.95. The maximum absolute atomic E-state index is 12.9. The van der Waals surface area contributed by atoms with Crippen LogP contribution in [0.25, 0.3) is 0 Å². The van der Waals surface area contributed by atoms with E-state index in [-0.39, 0.29) is 5.91 Å². The van der Waals surface area contributed by atoms with Crippen molar-refractivity contribution in [1.29, 1.82) is 0 Å². The van der Waals surface area contributed by atoms with Crippen LogP contribution in [0.4, 0.5) is 5.82 Å². The zero-order chi connectivity index (χ0) is 20.7. The van der Waals surface area contributed by atoms with Crippen molar-refractivity contribution in [3.8, 4) is 0 Å². The Morgan fingerprint density at radius 2 is 1.73 bits per heavy atom. The van der Waals surface area contributed by atoms with Crippen molar-refractivity contribution in [3.05, 3.63) is 52.5 Å². The molecule has 2 fully saturated rings. The summed E-state index contributed by atoms with van der Waals surface area (Å²) in [4.78, 5) is 27.5. The average Bonchev–Trinajstić information content (AvgIpc) is 3.43. The summed E-state index contributed by atoms with van der Waals surface area (Å²) in [5, 5.41) is 0. The van der Waals surface area contributed by atoms with Gasteiger partial charge in [0.15, 0.2) is 0 Å². The van der Waals surface area contributed by atoms with E-state index >= 15 is 0 Å². The van der Waals surface area contributed by atoms with E-state index < -0.39 is 0 Å². The summed E-state index contributed by atoms with van der Waals surface area (Å²) in [5.41, 5.74) is 4.58. The zero-order valence-electron chi connectivity index (χ0n) is 18.2. The Kier molecular flexibility index (Phi) is 5.32. The zero-order valence-corrected chi connectivity index (χ0v) is 18.2. The number of likely N-dealkylation sites (tertiary alicyclic amines) is 1. The van der Waals surface area contributed by atoms with Gasteiger partial charge in [0.25, 0.3) is 0 Å². The van der Waals surface area contributed by atoms with Crippen LogP contribution in [0.5, 0.6) is 0 Å². The summed E-state index contributed by atoms with van der Waals surface area (Å²) in [6.45, 7) is 5.92. The van der Waals surface area contributed by atoms with E-state index in [1.165, 1.54) is 37.7 Å². The number of aromatic nitrogens is 2. The van der Waals surface area contributed by atoms with Gasteiger partial charge in [-0.05, 0) is 58.1 Å². The van der Waals surface area contributed by atoms with Gasteiger partial charge in [0, 0.05) is 23.7 Å². The van der Waals surface area contributed by atoms with Crippen molar-refractivity contribution in [2.75, 3.05) is 11.4 Å². The Balaban J connectivity index is 1.48. The summed E-state index contributed by atoms with van der Waals surface area (Å²) in [6, 6.07) is 9.44. The number of anilines is 1. The Labute approximate surface area is 179 Å². The lowest BCUT2D eigenvalue weighted by Gasteiger charge is -2.33. The number of hydrogen-bond acceptors (Lipinski definition) is 4. The molecule has 3 heterocycles. The predicted molar refractivity (Wildman–Crippen MR) is 118 cm³/mol. The summed E-state index contributed by atoms with van der Waals surface area (Å²) in [5.74, 6) is 1.96. The molecule has 5 heteroatoms. The van der Waals surface area contributed by atoms with E-state index in [1.54, 1.807) is 0 Å². The fourth-order valence-electron chi connectivity index (χ4n) is 5.53. The molecule has 30 heavy (non-hydrogen) atoms. The topological polar surface area (TPSA) is 49.3 Å². The smallest absolute Gasteiger partial charge is 0.228 e. The second-order valence-electron chi connectivity index (χ2n) is 9.27. The summed E-state index contributed by atoms with van der Waals surface area (Å²) >= 11 is 0. The average molecular weight is 405 g/mol. The molecule has 5 nitrogen and oxygen atoms in total. The first-order valence-electron chi connectivity index (χ1n) is 11.6. The molecular weight excluding hydrogens is 372 g/mol. The van der Waals surface area contributed by atoms with E-state index in [1.807, 2.05) is 4.90 Å². The molecule has 158 valence electrons. The lowest BCUT2D eigenvalue weighted by molar-refractivity contribution is -0.119. The van der Waals surface area contributed by atoms with E-state index in [2.05, 4.69) is 43.0 Å². The van der Waals surface area contributed by atoms with Crippen LogP contribution in [0.1, 0.15) is 79.2 Å². The Morgan fingerprint density at radius 1 is 0.967 bits per heavy atom. The van der Waals surface area contributed by atoms with Gasteiger partial charge in [-0.25, -0.2) is 9.97 Å². The predicted octanol–water partition coefficient (Wildman–Crippen LogP) is 4.65. The highest BCUT2D eigenvalue weighted by atomic mass is 16.2. The van der Waals surface area contributed by atoms with Crippen LogP contribution < -0.4 is 4.90 Å². The van der Waals surface area contributed by atoms with Gasteiger partial charge >= 0.3 is 0 Å². The molecule has 1 saturated heterocycles. The van der Waals surface area contributed by atoms with Crippen molar-refractivity contribution < 1.29 is 4.79 Å². The van der Waals surface area contributed by atoms with Gasteiger partial charge in [0.1, 0.15) is 11.6 Å². The van der Waals surface area contributed by atoms with Crippen molar-refractivity contribution in [2.24, 2.45) is 0 Å². The van der Waals surface area contributed by atoms with Gasteiger partial charge in [0.05, 0.1) is 12.6 Å². The minimum atomic E-state index is 0.172. The first kappa shape index (κ1) is 19.7. The number of amides is 1. The van der Waals surface area contributed by atoms with Gasteiger partial charge in [-0.2, -0.15) is 0 Å². The van der Waals surface area contributed by atoms with E-state index in [4.69, 9.17) is 9.97 Å². The minimum absolute atomic E-state index is 0.172. The molecule has 0 radical (unpaired) electrons. The van der Waals surface area contributed by atoms with Crippen LogP contribution in [0.2, 0.25) is 0 Å². The van der Waals surface area contributed by atoms with Crippen LogP contribution in [-0.2, 0) is 17.8 Å². The number of fused-ring (bicyclic) bond motifs is 1. The first-order chi connectivity index (χ1) is 14.6. The molecule has 1 atom stereocenters. The van der Waals surface area contributed by atoms with Crippen LogP contribution in [0.3, 0.4) is 0 Å². The quantitative estimate of drug-likeness (QED) is 0.744. The summed E-state index contributed by atoms with van der Waals surface area (Å²) in [6.07, 6.45) is 8.93. The maximum Gasteiger partial charge on any atom is 0.228 e. The number of carbonyl (C=O) groups excluding carboxylic acids is 1. The van der Waals surface area contributed by atoms with E-state index in [0.717, 1.165) is 47.8 Å². The molecule has 2 aromatic rings. The molecule has 0 spiro atoms. The van der Waals surface area contributed by atoms with Crippen molar-refractivity contribution in [2.45, 2.75) is 83.8 Å². The van der Waals surface area contributed by atoms with Gasteiger partial charge < -0.3 is 0 Å². The second-order valence-corrected chi connectivity index (χ2v) is 9.27. The Hall–Kier alpha value is -2.27. The third kappa shape index (κ3) is 3.64. The molecule has 1 aliphatic carbocycles. The van der Waals surface area contributed by atoms with Crippen LogP contribution in [-0.4, -0.2) is 33.4 Å². The molecule has 1 saturated carbocycles. The largest absolute Gasteiger partial charge is 0.292 e. The fourth-order valence-corrected chi connectivity index (χ4v) is 5.53. The number of rotatable bonds is 4. The van der Waals surface area contributed by atoms with E-state index in [0.29, 0.717) is 25.0 Å². The van der Waals surface area contributed by atoms with Gasteiger partial charge in [-0.15, -0.1) is 0 Å². The highest BCUT2D eigenvalue weighted by Crippen LogP contribution is 2.39. The number of benzene rings is 1. The first-order valence-corrected chi connectivity index (χ1v) is 11.6. The lowest BCUT2D eigenvalue weighted by atomic mass is 10.0. The normalized spacial score (nSPS) is 22.7. The summed E-state index contributed by atoms with van der Waals surface area (Å²) in [7, 11) is 0. The molecule has 5 rings (SSSR count). The standard InChI is InChI=1S/C25H32N4O/c1-17-9-11-19(12-10-17)16-29-23(30)14-13-21-18(2)26-24(27-25(21)29)22-8-5-15-28(22)20-6-3-4-7-20/h9-12,20,22H,3-8,13-16H2,1-2H3. The SMILES string of the molecule is Cc1ccc(CN2C(=O)CCc3c(C)nc(C4CCCN4C4CCCC4)nc32)cc1. The van der Waals surface area contributed by atoms with E-state index in [9.17, 15) is 4.79 Å². The molecule has 1 aromatic carbocycles. The van der Waals surface area contributed by atoms with Crippen LogP contribution in [0, 0.1) is 13.8 Å². The number of carbonyl (C=O) groups is 1. The molecule has 1 aromatic heterocycles. The maximum atomic E-state index is 12.9. The number of aryl methyl sites for hydroxylation is 2. The third-order valence-corrected chi connectivity index (χ3v) is 7.20. The number of hydrogen-bond donors (Lipinski definition) is 0. The Morgan fingerprint density at radius 3 is 2.50 bits per heavy atom. The van der Waals surface area contributed by atoms with Crippen LogP contribution in [0.15, 0.2) is 24.3 Å². The molecule has 2 aliphatic heterocycles. The minimum Gasteiger partial charge on any atom is -0.292 e.